The summed E-state index contributed by atoms with van der Waals surface area (Å²) < 4.78 is 0. The standard InChI is InChI=1S/C15H23N3.HI/c1-11(2)17-15(16-3)18-14-10-13(14)9-12-7-5-4-6-8-12;/h4-8,11,13-14H,9-10H2,1-3H3,(H2,16,17,18);1H. The van der Waals surface area contributed by atoms with Gasteiger partial charge in [0.1, 0.15) is 0 Å². The number of nitrogens with zero attached hydrogens (tertiary/aromatic N) is 1. The highest BCUT2D eigenvalue weighted by Gasteiger charge is 2.37. The molecule has 0 amide bonds. The van der Waals surface area contributed by atoms with E-state index in [0.29, 0.717) is 12.1 Å². The lowest BCUT2D eigenvalue weighted by Crippen LogP contribution is -2.42. The van der Waals surface area contributed by atoms with Crippen molar-refractivity contribution in [1.82, 2.24) is 10.6 Å². The zero-order valence-electron chi connectivity index (χ0n) is 11.9. The number of guanidine groups is 1. The van der Waals surface area contributed by atoms with Crippen molar-refractivity contribution in [3.63, 3.8) is 0 Å². The van der Waals surface area contributed by atoms with E-state index in [0.717, 1.165) is 18.3 Å². The van der Waals surface area contributed by atoms with Crippen molar-refractivity contribution in [2.24, 2.45) is 10.9 Å². The van der Waals surface area contributed by atoms with Crippen LogP contribution in [0.15, 0.2) is 35.3 Å². The largest absolute Gasteiger partial charge is 0.354 e. The lowest BCUT2D eigenvalue weighted by Gasteiger charge is -2.14. The minimum absolute atomic E-state index is 0. The molecule has 0 aliphatic heterocycles. The van der Waals surface area contributed by atoms with Gasteiger partial charge in [-0.2, -0.15) is 0 Å². The molecule has 1 saturated carbocycles. The van der Waals surface area contributed by atoms with E-state index in [-0.39, 0.29) is 24.0 Å². The first-order valence-corrected chi connectivity index (χ1v) is 6.73. The Hall–Kier alpha value is -0.780. The maximum Gasteiger partial charge on any atom is 0.191 e. The van der Waals surface area contributed by atoms with E-state index in [2.05, 4.69) is 59.8 Å². The van der Waals surface area contributed by atoms with Crippen molar-refractivity contribution < 1.29 is 0 Å². The van der Waals surface area contributed by atoms with Gasteiger partial charge >= 0.3 is 0 Å². The highest BCUT2D eigenvalue weighted by molar-refractivity contribution is 14.0. The van der Waals surface area contributed by atoms with Gasteiger partial charge in [0.05, 0.1) is 0 Å². The second-order valence-electron chi connectivity index (χ2n) is 5.31. The SMILES string of the molecule is CN=C(NC(C)C)NC1CC1Cc1ccccc1.I. The molecular weight excluding hydrogens is 349 g/mol. The summed E-state index contributed by atoms with van der Waals surface area (Å²) in [6.45, 7) is 4.25. The molecule has 2 rings (SSSR count). The molecule has 0 radical (unpaired) electrons. The Labute approximate surface area is 133 Å². The zero-order chi connectivity index (χ0) is 13.0. The Morgan fingerprint density at radius 3 is 2.58 bits per heavy atom. The van der Waals surface area contributed by atoms with E-state index < -0.39 is 0 Å². The van der Waals surface area contributed by atoms with E-state index in [1.165, 1.54) is 12.0 Å². The molecule has 1 aromatic carbocycles. The quantitative estimate of drug-likeness (QED) is 0.484. The number of hydrogen-bond donors (Lipinski definition) is 2. The van der Waals surface area contributed by atoms with E-state index in [9.17, 15) is 0 Å². The molecule has 0 aromatic heterocycles. The fourth-order valence-corrected chi connectivity index (χ4v) is 2.19. The predicted molar refractivity (Wildman–Crippen MR) is 92.2 cm³/mol. The summed E-state index contributed by atoms with van der Waals surface area (Å²) in [6, 6.07) is 11.7. The minimum atomic E-state index is 0. The van der Waals surface area contributed by atoms with Crippen LogP contribution in [0.1, 0.15) is 25.8 Å². The van der Waals surface area contributed by atoms with Gasteiger partial charge in [0.2, 0.25) is 0 Å². The molecule has 0 bridgehead atoms. The normalized spacial score (nSPS) is 21.8. The third-order valence-electron chi connectivity index (χ3n) is 3.23. The van der Waals surface area contributed by atoms with Crippen molar-refractivity contribution in [3.05, 3.63) is 35.9 Å². The summed E-state index contributed by atoms with van der Waals surface area (Å²) in [4.78, 5) is 4.24. The van der Waals surface area contributed by atoms with Crippen LogP contribution in [0.25, 0.3) is 0 Å². The predicted octanol–water partition coefficient (Wildman–Crippen LogP) is 2.81. The van der Waals surface area contributed by atoms with E-state index in [1.807, 2.05) is 7.05 Å². The number of aliphatic imine (C=N–C) groups is 1. The molecule has 1 fully saturated rings. The fourth-order valence-electron chi connectivity index (χ4n) is 2.19. The van der Waals surface area contributed by atoms with E-state index in [1.54, 1.807) is 0 Å². The van der Waals surface area contributed by atoms with Crippen molar-refractivity contribution >= 4 is 29.9 Å². The molecule has 2 atom stereocenters. The number of benzene rings is 1. The van der Waals surface area contributed by atoms with E-state index >= 15 is 0 Å². The van der Waals surface area contributed by atoms with E-state index in [4.69, 9.17) is 0 Å². The van der Waals surface area contributed by atoms with Gasteiger partial charge in [-0.25, -0.2) is 0 Å². The molecule has 3 nitrogen and oxygen atoms in total. The summed E-state index contributed by atoms with van der Waals surface area (Å²) in [7, 11) is 1.83. The van der Waals surface area contributed by atoms with Crippen molar-refractivity contribution in [1.29, 1.82) is 0 Å². The molecule has 0 spiro atoms. The molecule has 1 aliphatic carbocycles. The van der Waals surface area contributed by atoms with Gasteiger partial charge < -0.3 is 10.6 Å². The summed E-state index contributed by atoms with van der Waals surface area (Å²) in [5, 5.41) is 6.81. The topological polar surface area (TPSA) is 36.4 Å². The third-order valence-corrected chi connectivity index (χ3v) is 3.23. The maximum absolute atomic E-state index is 4.24. The Morgan fingerprint density at radius 2 is 2.00 bits per heavy atom. The lowest BCUT2D eigenvalue weighted by atomic mass is 10.1. The van der Waals surface area contributed by atoms with Gasteiger partial charge in [0.25, 0.3) is 0 Å². The smallest absolute Gasteiger partial charge is 0.191 e. The molecule has 2 N–H and O–H groups in total. The zero-order valence-corrected chi connectivity index (χ0v) is 14.2. The van der Waals surface area contributed by atoms with Crippen LogP contribution in [0.4, 0.5) is 0 Å². The third kappa shape index (κ3) is 5.38. The highest BCUT2D eigenvalue weighted by Crippen LogP contribution is 2.33. The summed E-state index contributed by atoms with van der Waals surface area (Å²) in [6.07, 6.45) is 2.41. The Kier molecular flexibility index (Phi) is 6.62. The molecule has 19 heavy (non-hydrogen) atoms. The first kappa shape index (κ1) is 16.3. The molecule has 0 saturated heterocycles. The second-order valence-corrected chi connectivity index (χ2v) is 5.31. The fraction of sp³-hybridized carbons (Fsp3) is 0.533. The molecule has 106 valence electrons. The average molecular weight is 373 g/mol. The number of rotatable bonds is 4. The van der Waals surface area contributed by atoms with Gasteiger partial charge in [-0.15, -0.1) is 24.0 Å². The van der Waals surface area contributed by atoms with Gasteiger partial charge in [0, 0.05) is 19.1 Å². The average Bonchev–Trinajstić information content (AvgIpc) is 3.07. The Morgan fingerprint density at radius 1 is 1.32 bits per heavy atom. The van der Waals surface area contributed by atoms with Crippen LogP contribution >= 0.6 is 24.0 Å². The van der Waals surface area contributed by atoms with Gasteiger partial charge in [-0.3, -0.25) is 4.99 Å². The summed E-state index contributed by atoms with van der Waals surface area (Å²) >= 11 is 0. The first-order valence-electron chi connectivity index (χ1n) is 6.73. The van der Waals surface area contributed by atoms with Crippen molar-refractivity contribution in [2.75, 3.05) is 7.05 Å². The highest BCUT2D eigenvalue weighted by atomic mass is 127. The lowest BCUT2D eigenvalue weighted by molar-refractivity contribution is 0.677. The molecule has 4 heteroatoms. The van der Waals surface area contributed by atoms with Crippen LogP contribution in [-0.2, 0) is 6.42 Å². The van der Waals surface area contributed by atoms with Crippen LogP contribution in [0, 0.1) is 5.92 Å². The molecular formula is C15H24IN3. The number of hydrogen-bond acceptors (Lipinski definition) is 1. The van der Waals surface area contributed by atoms with Gasteiger partial charge in [0.15, 0.2) is 5.96 Å². The second kappa shape index (κ2) is 7.72. The Bertz CT molecular complexity index is 403. The molecule has 1 aliphatic rings. The maximum atomic E-state index is 4.24. The summed E-state index contributed by atoms with van der Waals surface area (Å²) in [5.41, 5.74) is 1.43. The van der Waals surface area contributed by atoms with Crippen molar-refractivity contribution in [2.45, 2.75) is 38.8 Å². The number of halogens is 1. The molecule has 0 heterocycles. The molecule has 2 unspecified atom stereocenters. The van der Waals surface area contributed by atoms with Gasteiger partial charge in [-0.05, 0) is 38.2 Å². The van der Waals surface area contributed by atoms with Gasteiger partial charge in [-0.1, -0.05) is 30.3 Å². The first-order chi connectivity index (χ1) is 8.69. The summed E-state index contributed by atoms with van der Waals surface area (Å²) in [5.74, 6) is 1.67. The monoisotopic (exact) mass is 373 g/mol. The van der Waals surface area contributed by atoms with Crippen LogP contribution in [0.5, 0.6) is 0 Å². The molecule has 1 aromatic rings. The van der Waals surface area contributed by atoms with Crippen LogP contribution in [0.3, 0.4) is 0 Å². The van der Waals surface area contributed by atoms with Crippen LogP contribution < -0.4 is 10.6 Å². The Balaban J connectivity index is 0.00000180. The number of nitrogens with one attached hydrogen (secondary N) is 2. The van der Waals surface area contributed by atoms with Crippen LogP contribution in [-0.4, -0.2) is 25.1 Å². The van der Waals surface area contributed by atoms with Crippen molar-refractivity contribution in [3.8, 4) is 0 Å². The van der Waals surface area contributed by atoms with Crippen LogP contribution in [0.2, 0.25) is 0 Å². The minimum Gasteiger partial charge on any atom is -0.354 e.